The van der Waals surface area contributed by atoms with Gasteiger partial charge in [-0.3, -0.25) is 4.79 Å². The van der Waals surface area contributed by atoms with Gasteiger partial charge in [0, 0.05) is 11.6 Å². The van der Waals surface area contributed by atoms with Crippen LogP contribution in [0.3, 0.4) is 0 Å². The molecule has 0 heterocycles. The van der Waals surface area contributed by atoms with Crippen molar-refractivity contribution >= 4 is 5.91 Å². The maximum atomic E-state index is 11.7. The third-order valence-corrected chi connectivity index (χ3v) is 2.27. The molecule has 5 nitrogen and oxygen atoms in total. The predicted octanol–water partition coefficient (Wildman–Crippen LogP) is 1.21. The van der Waals surface area contributed by atoms with Gasteiger partial charge in [-0.15, -0.1) is 0 Å². The van der Waals surface area contributed by atoms with Gasteiger partial charge in [-0.1, -0.05) is 0 Å². The van der Waals surface area contributed by atoms with Crippen LogP contribution in [0.5, 0.6) is 5.75 Å². The van der Waals surface area contributed by atoms with E-state index in [0.717, 1.165) is 0 Å². The number of amides is 1. The summed E-state index contributed by atoms with van der Waals surface area (Å²) in [5.74, 6) is 0.599. The third kappa shape index (κ3) is 6.22. The summed E-state index contributed by atoms with van der Waals surface area (Å²) in [6.07, 6.45) is 0. The first-order valence-corrected chi connectivity index (χ1v) is 6.36. The van der Waals surface area contributed by atoms with Crippen molar-refractivity contribution in [1.82, 2.24) is 5.32 Å². The van der Waals surface area contributed by atoms with Gasteiger partial charge in [-0.05, 0) is 38.1 Å². The minimum absolute atomic E-state index is 0.0136. The van der Waals surface area contributed by atoms with Crippen LogP contribution in [0, 0.1) is 0 Å². The van der Waals surface area contributed by atoms with Gasteiger partial charge >= 0.3 is 0 Å². The summed E-state index contributed by atoms with van der Waals surface area (Å²) in [4.78, 5) is 11.7. The highest BCUT2D eigenvalue weighted by atomic mass is 16.5. The molecule has 1 amide bonds. The van der Waals surface area contributed by atoms with Crippen LogP contribution in [-0.4, -0.2) is 43.5 Å². The normalized spacial score (nSPS) is 10.5. The van der Waals surface area contributed by atoms with Gasteiger partial charge in [0.15, 0.2) is 0 Å². The molecule has 106 valence electrons. The van der Waals surface area contributed by atoms with Gasteiger partial charge < -0.3 is 19.9 Å². The number of nitrogens with one attached hydrogen (secondary N) is 1. The molecule has 0 saturated carbocycles. The van der Waals surface area contributed by atoms with Crippen molar-refractivity contribution in [3.8, 4) is 5.75 Å². The monoisotopic (exact) mass is 267 g/mol. The molecule has 19 heavy (non-hydrogen) atoms. The predicted molar refractivity (Wildman–Crippen MR) is 72.4 cm³/mol. The minimum Gasteiger partial charge on any atom is -0.491 e. The molecule has 1 rings (SSSR count). The first-order chi connectivity index (χ1) is 9.13. The van der Waals surface area contributed by atoms with Gasteiger partial charge in [0.2, 0.25) is 0 Å². The van der Waals surface area contributed by atoms with Crippen LogP contribution in [0.15, 0.2) is 24.3 Å². The number of ether oxygens (including phenoxy) is 2. The SMILES string of the molecule is CC(C)NC(=O)c1ccc(OCCOCCO)cc1. The van der Waals surface area contributed by atoms with Crippen LogP contribution < -0.4 is 10.1 Å². The molecule has 0 aliphatic carbocycles. The van der Waals surface area contributed by atoms with Crippen LogP contribution in [-0.2, 0) is 4.74 Å². The van der Waals surface area contributed by atoms with Crippen LogP contribution in [0.1, 0.15) is 24.2 Å². The lowest BCUT2D eigenvalue weighted by Crippen LogP contribution is -2.29. The Morgan fingerprint density at radius 1 is 1.21 bits per heavy atom. The second kappa shape index (κ2) is 8.50. The van der Waals surface area contributed by atoms with E-state index in [1.807, 2.05) is 13.8 Å². The molecular weight excluding hydrogens is 246 g/mol. The summed E-state index contributed by atoms with van der Waals surface area (Å²) in [6, 6.07) is 7.07. The topological polar surface area (TPSA) is 67.8 Å². The molecule has 5 heteroatoms. The number of carbonyl (C=O) groups excluding carboxylic acids is 1. The Labute approximate surface area is 113 Å². The van der Waals surface area contributed by atoms with E-state index in [4.69, 9.17) is 14.6 Å². The molecule has 0 aromatic heterocycles. The highest BCUT2D eigenvalue weighted by molar-refractivity contribution is 5.94. The molecule has 0 atom stereocenters. The van der Waals surface area contributed by atoms with E-state index in [1.165, 1.54) is 0 Å². The Balaban J connectivity index is 2.37. The molecule has 1 aromatic rings. The zero-order valence-electron chi connectivity index (χ0n) is 11.4. The quantitative estimate of drug-likeness (QED) is 0.695. The average Bonchev–Trinajstić information content (AvgIpc) is 2.38. The number of benzene rings is 1. The zero-order chi connectivity index (χ0) is 14.1. The maximum Gasteiger partial charge on any atom is 0.251 e. The van der Waals surface area contributed by atoms with Crippen LogP contribution in [0.25, 0.3) is 0 Å². The summed E-state index contributed by atoms with van der Waals surface area (Å²) in [5, 5.41) is 11.3. The summed E-state index contributed by atoms with van der Waals surface area (Å²) in [5.41, 5.74) is 0.609. The van der Waals surface area contributed by atoms with Crippen molar-refractivity contribution in [3.63, 3.8) is 0 Å². The molecule has 0 aliphatic heterocycles. The molecule has 0 spiro atoms. The molecule has 1 aromatic carbocycles. The van der Waals surface area contributed by atoms with Crippen molar-refractivity contribution in [2.24, 2.45) is 0 Å². The van der Waals surface area contributed by atoms with Gasteiger partial charge in [0.05, 0.1) is 19.8 Å². The van der Waals surface area contributed by atoms with Crippen LogP contribution in [0.4, 0.5) is 0 Å². The minimum atomic E-state index is -0.0900. The highest BCUT2D eigenvalue weighted by Gasteiger charge is 2.06. The maximum absolute atomic E-state index is 11.7. The fraction of sp³-hybridized carbons (Fsp3) is 0.500. The van der Waals surface area contributed by atoms with Crippen LogP contribution in [0.2, 0.25) is 0 Å². The van der Waals surface area contributed by atoms with Gasteiger partial charge in [0.1, 0.15) is 12.4 Å². The van der Waals surface area contributed by atoms with Crippen molar-refractivity contribution < 1.29 is 19.4 Å². The van der Waals surface area contributed by atoms with E-state index in [0.29, 0.717) is 31.1 Å². The average molecular weight is 267 g/mol. The zero-order valence-corrected chi connectivity index (χ0v) is 11.4. The summed E-state index contributed by atoms with van der Waals surface area (Å²) in [7, 11) is 0. The fourth-order valence-electron chi connectivity index (χ4n) is 1.43. The molecule has 2 N–H and O–H groups in total. The van der Waals surface area contributed by atoms with E-state index in [9.17, 15) is 4.79 Å². The van der Waals surface area contributed by atoms with Crippen molar-refractivity contribution in [2.45, 2.75) is 19.9 Å². The number of hydrogen-bond donors (Lipinski definition) is 2. The Hall–Kier alpha value is -1.59. The van der Waals surface area contributed by atoms with E-state index in [-0.39, 0.29) is 18.6 Å². The smallest absolute Gasteiger partial charge is 0.251 e. The van der Waals surface area contributed by atoms with Crippen molar-refractivity contribution in [2.75, 3.05) is 26.4 Å². The lowest BCUT2D eigenvalue weighted by atomic mass is 10.2. The number of carbonyl (C=O) groups is 1. The lowest BCUT2D eigenvalue weighted by molar-refractivity contribution is 0.0705. The summed E-state index contributed by atoms with van der Waals surface area (Å²) < 4.78 is 10.5. The lowest BCUT2D eigenvalue weighted by Gasteiger charge is -2.09. The number of hydrogen-bond acceptors (Lipinski definition) is 4. The van der Waals surface area contributed by atoms with Gasteiger partial charge in [-0.2, -0.15) is 0 Å². The molecule has 0 saturated heterocycles. The van der Waals surface area contributed by atoms with Crippen LogP contribution >= 0.6 is 0 Å². The first kappa shape index (κ1) is 15.5. The fourth-order valence-corrected chi connectivity index (χ4v) is 1.43. The third-order valence-electron chi connectivity index (χ3n) is 2.27. The standard InChI is InChI=1S/C14H21NO4/c1-11(2)15-14(17)12-3-5-13(6-4-12)19-10-9-18-8-7-16/h3-6,11,16H,7-10H2,1-2H3,(H,15,17). The Kier molecular flexibility index (Phi) is 6.92. The Bertz CT molecular complexity index is 376. The largest absolute Gasteiger partial charge is 0.491 e. The summed E-state index contributed by atoms with van der Waals surface area (Å²) in [6.45, 7) is 5.01. The second-order valence-corrected chi connectivity index (χ2v) is 4.34. The van der Waals surface area contributed by atoms with E-state index in [2.05, 4.69) is 5.32 Å². The molecule has 0 aliphatic rings. The van der Waals surface area contributed by atoms with Crippen molar-refractivity contribution in [3.05, 3.63) is 29.8 Å². The van der Waals surface area contributed by atoms with Gasteiger partial charge in [0.25, 0.3) is 5.91 Å². The molecule has 0 fully saturated rings. The number of aliphatic hydroxyl groups is 1. The molecule has 0 radical (unpaired) electrons. The molecule has 0 unspecified atom stereocenters. The summed E-state index contributed by atoms with van der Waals surface area (Å²) >= 11 is 0. The van der Waals surface area contributed by atoms with E-state index in [1.54, 1.807) is 24.3 Å². The van der Waals surface area contributed by atoms with E-state index >= 15 is 0 Å². The van der Waals surface area contributed by atoms with Gasteiger partial charge in [-0.25, -0.2) is 0 Å². The molecule has 0 bridgehead atoms. The van der Waals surface area contributed by atoms with E-state index < -0.39 is 0 Å². The first-order valence-electron chi connectivity index (χ1n) is 6.36. The highest BCUT2D eigenvalue weighted by Crippen LogP contribution is 2.12. The number of rotatable bonds is 8. The Morgan fingerprint density at radius 2 is 1.89 bits per heavy atom. The second-order valence-electron chi connectivity index (χ2n) is 4.34. The Morgan fingerprint density at radius 3 is 2.47 bits per heavy atom. The number of aliphatic hydroxyl groups excluding tert-OH is 1. The molecular formula is C14H21NO4. The van der Waals surface area contributed by atoms with Crippen molar-refractivity contribution in [1.29, 1.82) is 0 Å².